The smallest absolute Gasteiger partial charge is 0.0892 e. The highest BCUT2D eigenvalue weighted by Gasteiger charge is 2.52. The van der Waals surface area contributed by atoms with Crippen LogP contribution in [0.2, 0.25) is 0 Å². The van der Waals surface area contributed by atoms with Crippen molar-refractivity contribution in [3.05, 3.63) is 0 Å². The van der Waals surface area contributed by atoms with Gasteiger partial charge in [-0.3, -0.25) is 0 Å². The zero-order valence-corrected chi connectivity index (χ0v) is 6.98. The monoisotopic (exact) mass is 170 g/mol. The van der Waals surface area contributed by atoms with Crippen LogP contribution in [0.3, 0.4) is 0 Å². The molecule has 1 N–H and O–H groups in total. The van der Waals surface area contributed by atoms with Crippen LogP contribution < -0.4 is 0 Å². The van der Waals surface area contributed by atoms with Crippen molar-refractivity contribution in [1.82, 2.24) is 0 Å². The van der Waals surface area contributed by atoms with Crippen molar-refractivity contribution in [3.63, 3.8) is 0 Å². The lowest BCUT2D eigenvalue weighted by atomic mass is 9.98. The van der Waals surface area contributed by atoms with Crippen molar-refractivity contribution in [2.45, 2.75) is 43.7 Å². The minimum absolute atomic E-state index is 0.0836. The van der Waals surface area contributed by atoms with Crippen LogP contribution >= 0.6 is 0 Å². The maximum Gasteiger partial charge on any atom is 0.0892 e. The average Bonchev–Trinajstić information content (AvgIpc) is 2.63. The lowest BCUT2D eigenvalue weighted by Gasteiger charge is -2.14. The molecule has 0 aromatic heterocycles. The van der Waals surface area contributed by atoms with Gasteiger partial charge in [0.2, 0.25) is 0 Å². The van der Waals surface area contributed by atoms with Gasteiger partial charge in [0.15, 0.2) is 0 Å². The Morgan fingerprint density at radius 1 is 1.08 bits per heavy atom. The highest BCUT2D eigenvalue weighted by atomic mass is 16.6. The largest absolute Gasteiger partial charge is 0.390 e. The van der Waals surface area contributed by atoms with Crippen LogP contribution in [0.5, 0.6) is 0 Å². The standard InChI is InChI=1S/C9H14O3/c10-6-2-1-5-8(6)12-7-3-4-11-9(5)7/h5-10H,1-4H2/t5-,6-,7+,8+,9-/m1/s1. The van der Waals surface area contributed by atoms with Gasteiger partial charge in [-0.25, -0.2) is 0 Å². The number of hydrogen-bond donors (Lipinski definition) is 1. The molecule has 2 heterocycles. The van der Waals surface area contributed by atoms with Gasteiger partial charge in [-0.15, -0.1) is 0 Å². The molecule has 12 heavy (non-hydrogen) atoms. The summed E-state index contributed by atoms with van der Waals surface area (Å²) >= 11 is 0. The molecule has 0 bridgehead atoms. The highest BCUT2D eigenvalue weighted by molar-refractivity contribution is 5.01. The Hall–Kier alpha value is -0.120. The van der Waals surface area contributed by atoms with Gasteiger partial charge >= 0.3 is 0 Å². The van der Waals surface area contributed by atoms with Gasteiger partial charge in [0.1, 0.15) is 0 Å². The lowest BCUT2D eigenvalue weighted by Crippen LogP contribution is -2.26. The first-order chi connectivity index (χ1) is 5.86. The second kappa shape index (κ2) is 2.44. The molecule has 3 heteroatoms. The normalized spacial score (nSPS) is 57.2. The number of rotatable bonds is 0. The van der Waals surface area contributed by atoms with E-state index in [4.69, 9.17) is 9.47 Å². The maximum atomic E-state index is 9.57. The van der Waals surface area contributed by atoms with Crippen LogP contribution in [-0.2, 0) is 9.47 Å². The Labute approximate surface area is 71.7 Å². The Kier molecular flexibility index (Phi) is 1.48. The van der Waals surface area contributed by atoms with Crippen molar-refractivity contribution in [1.29, 1.82) is 0 Å². The van der Waals surface area contributed by atoms with E-state index >= 15 is 0 Å². The Morgan fingerprint density at radius 2 is 2.00 bits per heavy atom. The van der Waals surface area contributed by atoms with Gasteiger partial charge in [0, 0.05) is 12.5 Å². The number of aliphatic hydroxyl groups excluding tert-OH is 1. The molecule has 5 atom stereocenters. The number of hydrogen-bond acceptors (Lipinski definition) is 3. The molecule has 0 aromatic rings. The summed E-state index contributed by atoms with van der Waals surface area (Å²) in [4.78, 5) is 0. The summed E-state index contributed by atoms with van der Waals surface area (Å²) in [6, 6.07) is 0. The summed E-state index contributed by atoms with van der Waals surface area (Å²) in [6.07, 6.45) is 3.42. The Bertz CT molecular complexity index is 192. The molecule has 1 saturated carbocycles. The van der Waals surface area contributed by atoms with Gasteiger partial charge < -0.3 is 14.6 Å². The summed E-state index contributed by atoms with van der Waals surface area (Å²) < 4.78 is 11.3. The molecule has 1 aliphatic carbocycles. The zero-order valence-electron chi connectivity index (χ0n) is 6.98. The van der Waals surface area contributed by atoms with Crippen LogP contribution in [0.15, 0.2) is 0 Å². The third-order valence-electron chi connectivity index (χ3n) is 3.43. The summed E-state index contributed by atoms with van der Waals surface area (Å²) in [5.41, 5.74) is 0. The van der Waals surface area contributed by atoms with E-state index < -0.39 is 0 Å². The van der Waals surface area contributed by atoms with E-state index in [0.717, 1.165) is 25.9 Å². The summed E-state index contributed by atoms with van der Waals surface area (Å²) in [6.45, 7) is 0.842. The summed E-state index contributed by atoms with van der Waals surface area (Å²) in [5, 5.41) is 9.57. The second-order valence-corrected chi connectivity index (χ2v) is 4.07. The molecule has 0 spiro atoms. The highest BCUT2D eigenvalue weighted by Crippen LogP contribution is 2.44. The van der Waals surface area contributed by atoms with Crippen LogP contribution in [-0.4, -0.2) is 36.1 Å². The van der Waals surface area contributed by atoms with Gasteiger partial charge in [0.05, 0.1) is 24.4 Å². The van der Waals surface area contributed by atoms with Crippen molar-refractivity contribution < 1.29 is 14.6 Å². The predicted molar refractivity (Wildman–Crippen MR) is 41.7 cm³/mol. The Balaban J connectivity index is 1.83. The fraction of sp³-hybridized carbons (Fsp3) is 1.00. The molecule has 68 valence electrons. The molecule has 3 aliphatic rings. The van der Waals surface area contributed by atoms with E-state index in [1.54, 1.807) is 0 Å². The van der Waals surface area contributed by atoms with Crippen molar-refractivity contribution in [3.8, 4) is 0 Å². The van der Waals surface area contributed by atoms with Crippen LogP contribution in [0, 0.1) is 5.92 Å². The molecule has 0 amide bonds. The van der Waals surface area contributed by atoms with E-state index in [0.29, 0.717) is 12.0 Å². The first kappa shape index (κ1) is 7.30. The quantitative estimate of drug-likeness (QED) is 0.568. The van der Waals surface area contributed by atoms with E-state index in [-0.39, 0.29) is 18.3 Å². The van der Waals surface area contributed by atoms with Crippen LogP contribution in [0.4, 0.5) is 0 Å². The maximum absolute atomic E-state index is 9.57. The fourth-order valence-electron chi connectivity index (χ4n) is 2.86. The lowest BCUT2D eigenvalue weighted by molar-refractivity contribution is -0.0270. The molecule has 0 unspecified atom stereocenters. The SMILES string of the molecule is O[C@@H]1CC[C@H]2[C@H]3OCC[C@@H]3O[C@@H]21. The van der Waals surface area contributed by atoms with Crippen molar-refractivity contribution in [2.75, 3.05) is 6.61 Å². The van der Waals surface area contributed by atoms with Crippen molar-refractivity contribution in [2.24, 2.45) is 5.92 Å². The van der Waals surface area contributed by atoms with Crippen LogP contribution in [0.25, 0.3) is 0 Å². The van der Waals surface area contributed by atoms with Gasteiger partial charge in [-0.2, -0.15) is 0 Å². The van der Waals surface area contributed by atoms with Gasteiger partial charge in [-0.05, 0) is 19.3 Å². The summed E-state index contributed by atoms with van der Waals surface area (Å²) in [7, 11) is 0. The van der Waals surface area contributed by atoms with Gasteiger partial charge in [0.25, 0.3) is 0 Å². The van der Waals surface area contributed by atoms with E-state index in [1.165, 1.54) is 0 Å². The molecule has 0 radical (unpaired) electrons. The molecule has 3 nitrogen and oxygen atoms in total. The first-order valence-corrected chi connectivity index (χ1v) is 4.81. The Morgan fingerprint density at radius 3 is 2.92 bits per heavy atom. The second-order valence-electron chi connectivity index (χ2n) is 4.07. The van der Waals surface area contributed by atoms with E-state index in [9.17, 15) is 5.11 Å². The number of aliphatic hydroxyl groups is 1. The van der Waals surface area contributed by atoms with E-state index in [2.05, 4.69) is 0 Å². The molecule has 3 rings (SSSR count). The molecular weight excluding hydrogens is 156 g/mol. The van der Waals surface area contributed by atoms with Crippen molar-refractivity contribution >= 4 is 0 Å². The summed E-state index contributed by atoms with van der Waals surface area (Å²) in [5.74, 6) is 0.479. The predicted octanol–water partition coefficient (Wildman–Crippen LogP) is 0.314. The fourth-order valence-corrected chi connectivity index (χ4v) is 2.86. The topological polar surface area (TPSA) is 38.7 Å². The van der Waals surface area contributed by atoms with E-state index in [1.807, 2.05) is 0 Å². The first-order valence-electron chi connectivity index (χ1n) is 4.81. The molecular formula is C9H14O3. The third-order valence-corrected chi connectivity index (χ3v) is 3.43. The molecule has 2 aliphatic heterocycles. The number of ether oxygens (including phenoxy) is 2. The van der Waals surface area contributed by atoms with Gasteiger partial charge in [-0.1, -0.05) is 0 Å². The zero-order chi connectivity index (χ0) is 8.13. The minimum Gasteiger partial charge on any atom is -0.390 e. The molecule has 3 fully saturated rings. The third kappa shape index (κ3) is 0.817. The molecule has 2 saturated heterocycles. The minimum atomic E-state index is -0.232. The number of fused-ring (bicyclic) bond motifs is 3. The average molecular weight is 170 g/mol. The van der Waals surface area contributed by atoms with Crippen LogP contribution in [0.1, 0.15) is 19.3 Å². The molecule has 0 aromatic carbocycles.